The van der Waals surface area contributed by atoms with Gasteiger partial charge in [-0.1, -0.05) is 41.4 Å². The highest BCUT2D eigenvalue weighted by Crippen LogP contribution is 2.31. The molecule has 0 aliphatic carbocycles. The number of H-pyrrole nitrogens is 1. The first-order chi connectivity index (χ1) is 10.5. The molecule has 0 spiro atoms. The molecule has 0 atom stereocenters. The van der Waals surface area contributed by atoms with Gasteiger partial charge in [0, 0.05) is 22.8 Å². The number of benzene rings is 2. The van der Waals surface area contributed by atoms with E-state index in [2.05, 4.69) is 10.3 Å². The smallest absolute Gasteiger partial charge is 0.228 e. The first-order valence-corrected chi connectivity index (χ1v) is 7.39. The summed E-state index contributed by atoms with van der Waals surface area (Å²) in [5.74, 6) is -0.151. The number of hydrogen-bond acceptors (Lipinski definition) is 2. The fourth-order valence-corrected chi connectivity index (χ4v) is 2.80. The number of fused-ring (bicyclic) bond motifs is 1. The van der Waals surface area contributed by atoms with Gasteiger partial charge in [-0.25, -0.2) is 0 Å². The SMILES string of the molecule is Nc1c(Cl)cc(NC(=O)Cc2c[nH]c3ccccc23)cc1Cl. The lowest BCUT2D eigenvalue weighted by Gasteiger charge is -2.08. The van der Waals surface area contributed by atoms with E-state index in [1.807, 2.05) is 30.5 Å². The van der Waals surface area contributed by atoms with Gasteiger partial charge in [0.2, 0.25) is 5.91 Å². The topological polar surface area (TPSA) is 70.9 Å². The summed E-state index contributed by atoms with van der Waals surface area (Å²) in [7, 11) is 0. The van der Waals surface area contributed by atoms with Gasteiger partial charge in [-0.05, 0) is 23.8 Å². The van der Waals surface area contributed by atoms with Crippen LogP contribution in [0, 0.1) is 0 Å². The van der Waals surface area contributed by atoms with Gasteiger partial charge >= 0.3 is 0 Å². The van der Waals surface area contributed by atoms with E-state index in [1.165, 1.54) is 0 Å². The maximum Gasteiger partial charge on any atom is 0.228 e. The Balaban J connectivity index is 1.78. The Morgan fingerprint density at radius 1 is 1.18 bits per heavy atom. The number of aromatic nitrogens is 1. The molecule has 3 rings (SSSR count). The third kappa shape index (κ3) is 2.89. The maximum absolute atomic E-state index is 12.2. The van der Waals surface area contributed by atoms with Gasteiger partial charge in [-0.3, -0.25) is 4.79 Å². The van der Waals surface area contributed by atoms with Gasteiger partial charge in [0.25, 0.3) is 0 Å². The molecule has 0 aliphatic rings. The molecule has 3 aromatic rings. The summed E-state index contributed by atoms with van der Waals surface area (Å²) in [5.41, 5.74) is 8.43. The van der Waals surface area contributed by atoms with Gasteiger partial charge in [-0.15, -0.1) is 0 Å². The monoisotopic (exact) mass is 333 g/mol. The third-order valence-corrected chi connectivity index (χ3v) is 4.01. The molecule has 6 heteroatoms. The molecule has 2 aromatic carbocycles. The molecule has 0 radical (unpaired) electrons. The van der Waals surface area contributed by atoms with Gasteiger partial charge in [0.05, 0.1) is 22.2 Å². The molecule has 0 unspecified atom stereocenters. The molecule has 4 nitrogen and oxygen atoms in total. The first kappa shape index (κ1) is 14.8. The highest BCUT2D eigenvalue weighted by Gasteiger charge is 2.11. The van der Waals surface area contributed by atoms with Crippen LogP contribution < -0.4 is 11.1 Å². The van der Waals surface area contributed by atoms with E-state index in [-0.39, 0.29) is 12.3 Å². The lowest BCUT2D eigenvalue weighted by Crippen LogP contribution is -2.14. The molecule has 22 heavy (non-hydrogen) atoms. The molecule has 4 N–H and O–H groups in total. The number of hydrogen-bond donors (Lipinski definition) is 3. The van der Waals surface area contributed by atoms with Crippen LogP contribution in [0.15, 0.2) is 42.6 Å². The average Bonchev–Trinajstić information content (AvgIpc) is 2.88. The van der Waals surface area contributed by atoms with E-state index in [0.717, 1.165) is 16.5 Å². The number of rotatable bonds is 3. The Morgan fingerprint density at radius 2 is 1.86 bits per heavy atom. The maximum atomic E-state index is 12.2. The number of carbonyl (C=O) groups is 1. The van der Waals surface area contributed by atoms with Crippen molar-refractivity contribution in [2.75, 3.05) is 11.1 Å². The number of nitrogens with two attached hydrogens (primary N) is 1. The van der Waals surface area contributed by atoms with Crippen LogP contribution in [0.25, 0.3) is 10.9 Å². The van der Waals surface area contributed by atoms with Crippen molar-refractivity contribution in [3.8, 4) is 0 Å². The van der Waals surface area contributed by atoms with Crippen LogP contribution in [0.2, 0.25) is 10.0 Å². The normalized spacial score (nSPS) is 10.8. The summed E-state index contributed by atoms with van der Waals surface area (Å²) in [6.07, 6.45) is 2.09. The molecule has 0 aliphatic heterocycles. The van der Waals surface area contributed by atoms with Crippen molar-refractivity contribution in [1.82, 2.24) is 4.98 Å². The Labute approximate surface area is 137 Å². The number of anilines is 2. The van der Waals surface area contributed by atoms with Crippen LogP contribution in [0.5, 0.6) is 0 Å². The predicted octanol–water partition coefficient (Wildman–Crippen LogP) is 4.24. The molecule has 0 saturated carbocycles. The Bertz CT molecular complexity index is 834. The molecule has 112 valence electrons. The van der Waals surface area contributed by atoms with Gasteiger partial charge in [-0.2, -0.15) is 0 Å². The zero-order valence-corrected chi connectivity index (χ0v) is 13.0. The predicted molar refractivity (Wildman–Crippen MR) is 91.5 cm³/mol. The number of nitrogen functional groups attached to an aromatic ring is 1. The van der Waals surface area contributed by atoms with E-state index in [9.17, 15) is 4.79 Å². The second-order valence-electron chi connectivity index (χ2n) is 4.94. The summed E-state index contributed by atoms with van der Waals surface area (Å²) < 4.78 is 0. The van der Waals surface area contributed by atoms with Gasteiger partial charge in [0.15, 0.2) is 0 Å². The van der Waals surface area contributed by atoms with Crippen LogP contribution in [0.1, 0.15) is 5.56 Å². The number of nitrogens with one attached hydrogen (secondary N) is 2. The zero-order chi connectivity index (χ0) is 15.7. The van der Waals surface area contributed by atoms with Crippen molar-refractivity contribution in [2.24, 2.45) is 0 Å². The van der Waals surface area contributed by atoms with E-state index >= 15 is 0 Å². The number of amides is 1. The van der Waals surface area contributed by atoms with Crippen LogP contribution in [-0.2, 0) is 11.2 Å². The summed E-state index contributed by atoms with van der Waals surface area (Å²) >= 11 is 11.9. The third-order valence-electron chi connectivity index (χ3n) is 3.39. The fourth-order valence-electron chi connectivity index (χ4n) is 2.31. The number of carbonyl (C=O) groups excluding carboxylic acids is 1. The highest BCUT2D eigenvalue weighted by molar-refractivity contribution is 6.39. The van der Waals surface area contributed by atoms with Gasteiger partial charge < -0.3 is 16.0 Å². The first-order valence-electron chi connectivity index (χ1n) is 6.64. The van der Waals surface area contributed by atoms with Crippen molar-refractivity contribution in [2.45, 2.75) is 6.42 Å². The Morgan fingerprint density at radius 3 is 2.59 bits per heavy atom. The number of para-hydroxylation sites is 1. The largest absolute Gasteiger partial charge is 0.396 e. The minimum absolute atomic E-state index is 0.151. The molecule has 0 fully saturated rings. The van der Waals surface area contributed by atoms with Crippen molar-refractivity contribution in [3.05, 3.63) is 58.2 Å². The quantitative estimate of drug-likeness (QED) is 0.627. The fraction of sp³-hybridized carbons (Fsp3) is 0.0625. The summed E-state index contributed by atoms with van der Waals surface area (Å²) in [6, 6.07) is 11.0. The summed E-state index contributed by atoms with van der Waals surface area (Å²) in [6.45, 7) is 0. The standard InChI is InChI=1S/C16H13Cl2N3O/c17-12-6-10(7-13(18)16(12)19)21-15(22)5-9-8-20-14-4-2-1-3-11(9)14/h1-4,6-8,20H,5,19H2,(H,21,22). The van der Waals surface area contributed by atoms with Crippen molar-refractivity contribution in [1.29, 1.82) is 0 Å². The van der Waals surface area contributed by atoms with Crippen LogP contribution in [0.3, 0.4) is 0 Å². The summed E-state index contributed by atoms with van der Waals surface area (Å²) in [4.78, 5) is 15.3. The van der Waals surface area contributed by atoms with Crippen LogP contribution >= 0.6 is 23.2 Å². The Kier molecular flexibility index (Phi) is 3.96. The lowest BCUT2D eigenvalue weighted by molar-refractivity contribution is -0.115. The van der Waals surface area contributed by atoms with Crippen molar-refractivity contribution >= 4 is 51.4 Å². The molecule has 1 heterocycles. The Hall–Kier alpha value is -2.17. The average molecular weight is 334 g/mol. The van der Waals surface area contributed by atoms with Crippen molar-refractivity contribution in [3.63, 3.8) is 0 Å². The second-order valence-corrected chi connectivity index (χ2v) is 5.75. The summed E-state index contributed by atoms with van der Waals surface area (Å²) in [5, 5.41) is 4.44. The van der Waals surface area contributed by atoms with Crippen molar-refractivity contribution < 1.29 is 4.79 Å². The molecular formula is C16H13Cl2N3O. The van der Waals surface area contributed by atoms with E-state index < -0.39 is 0 Å². The van der Waals surface area contributed by atoms with Crippen LogP contribution in [0.4, 0.5) is 11.4 Å². The minimum atomic E-state index is -0.151. The van der Waals surface area contributed by atoms with E-state index in [4.69, 9.17) is 28.9 Å². The second kappa shape index (κ2) is 5.91. The van der Waals surface area contributed by atoms with Gasteiger partial charge in [0.1, 0.15) is 0 Å². The highest BCUT2D eigenvalue weighted by atomic mass is 35.5. The number of aromatic amines is 1. The van der Waals surface area contributed by atoms with E-state index in [1.54, 1.807) is 12.1 Å². The molecule has 0 bridgehead atoms. The van der Waals surface area contributed by atoms with E-state index in [0.29, 0.717) is 21.4 Å². The van der Waals surface area contributed by atoms with Crippen LogP contribution in [-0.4, -0.2) is 10.9 Å². The minimum Gasteiger partial charge on any atom is -0.396 e. The number of halogens is 2. The lowest BCUT2D eigenvalue weighted by atomic mass is 10.1. The molecule has 1 aromatic heterocycles. The molecule has 0 saturated heterocycles. The molecular weight excluding hydrogens is 321 g/mol. The molecule has 1 amide bonds. The zero-order valence-electron chi connectivity index (χ0n) is 11.5.